The molecule has 0 atom stereocenters. The van der Waals surface area contributed by atoms with Crippen molar-refractivity contribution in [2.24, 2.45) is 5.92 Å². The molecule has 2 amide bonds. The summed E-state index contributed by atoms with van der Waals surface area (Å²) >= 11 is 0. The molecule has 7 nitrogen and oxygen atoms in total. The molecule has 1 aromatic carbocycles. The lowest BCUT2D eigenvalue weighted by Gasteiger charge is -2.43. The van der Waals surface area contributed by atoms with Gasteiger partial charge in [-0.3, -0.25) is 0 Å². The van der Waals surface area contributed by atoms with Gasteiger partial charge in [0.05, 0.1) is 0 Å². The molecule has 31 heavy (non-hydrogen) atoms. The van der Waals surface area contributed by atoms with E-state index in [9.17, 15) is 9.59 Å². The maximum absolute atomic E-state index is 12.2. The van der Waals surface area contributed by atoms with E-state index in [-0.39, 0.29) is 18.2 Å². The van der Waals surface area contributed by atoms with E-state index < -0.39 is 5.60 Å². The summed E-state index contributed by atoms with van der Waals surface area (Å²) in [6.45, 7) is 8.54. The van der Waals surface area contributed by atoms with Crippen LogP contribution < -0.4 is 5.32 Å². The molecule has 7 heteroatoms. The van der Waals surface area contributed by atoms with Crippen LogP contribution in [0.1, 0.15) is 52.0 Å². The lowest BCUT2D eigenvalue weighted by atomic mass is 9.84. The summed E-state index contributed by atoms with van der Waals surface area (Å²) in [7, 11) is 2.16. The van der Waals surface area contributed by atoms with Crippen molar-refractivity contribution in [2.45, 2.75) is 70.7 Å². The Hall–Kier alpha value is -2.28. The van der Waals surface area contributed by atoms with Gasteiger partial charge in [-0.05, 0) is 65.0 Å². The number of benzene rings is 1. The number of ether oxygens (including phenoxy) is 2. The van der Waals surface area contributed by atoms with Gasteiger partial charge in [0.2, 0.25) is 0 Å². The number of alkyl carbamates (subject to hydrolysis) is 1. The summed E-state index contributed by atoms with van der Waals surface area (Å²) in [4.78, 5) is 28.4. The number of carbonyl (C=O) groups is 2. The van der Waals surface area contributed by atoms with Gasteiger partial charge < -0.3 is 24.6 Å². The number of hydrogen-bond donors (Lipinski definition) is 1. The highest BCUT2D eigenvalue weighted by Crippen LogP contribution is 2.28. The van der Waals surface area contributed by atoms with Gasteiger partial charge >= 0.3 is 12.2 Å². The van der Waals surface area contributed by atoms with Crippen molar-refractivity contribution >= 4 is 12.2 Å². The van der Waals surface area contributed by atoms with Crippen LogP contribution in [-0.4, -0.2) is 66.4 Å². The summed E-state index contributed by atoms with van der Waals surface area (Å²) in [5.41, 5.74) is 0.540. The third-order valence-corrected chi connectivity index (χ3v) is 6.08. The maximum Gasteiger partial charge on any atom is 0.410 e. The fourth-order valence-electron chi connectivity index (χ4n) is 4.18. The molecule has 0 bridgehead atoms. The molecule has 1 saturated heterocycles. The van der Waals surface area contributed by atoms with Crippen molar-refractivity contribution in [3.05, 3.63) is 35.9 Å². The van der Waals surface area contributed by atoms with Gasteiger partial charge in [-0.2, -0.15) is 0 Å². The molecule has 2 fully saturated rings. The zero-order valence-corrected chi connectivity index (χ0v) is 19.3. The van der Waals surface area contributed by atoms with Crippen LogP contribution >= 0.6 is 0 Å². The highest BCUT2D eigenvalue weighted by atomic mass is 16.6. The van der Waals surface area contributed by atoms with E-state index >= 15 is 0 Å². The Balaban J connectivity index is 1.29. The van der Waals surface area contributed by atoms with Crippen LogP contribution in [0.4, 0.5) is 9.59 Å². The molecule has 1 aliphatic carbocycles. The molecular weight excluding hydrogens is 394 g/mol. The van der Waals surface area contributed by atoms with E-state index in [1.54, 1.807) is 0 Å². The van der Waals surface area contributed by atoms with Crippen LogP contribution in [0.25, 0.3) is 0 Å². The number of nitrogens with zero attached hydrogens (tertiary/aromatic N) is 2. The lowest BCUT2D eigenvalue weighted by Crippen LogP contribution is -2.54. The average Bonchev–Trinajstić information content (AvgIpc) is 2.68. The van der Waals surface area contributed by atoms with Crippen molar-refractivity contribution in [1.82, 2.24) is 15.1 Å². The largest absolute Gasteiger partial charge is 0.445 e. The van der Waals surface area contributed by atoms with Gasteiger partial charge in [-0.25, -0.2) is 9.59 Å². The van der Waals surface area contributed by atoms with Crippen LogP contribution in [0.15, 0.2) is 30.3 Å². The number of hydrogen-bond acceptors (Lipinski definition) is 5. The quantitative estimate of drug-likeness (QED) is 0.737. The molecule has 0 radical (unpaired) electrons. The Morgan fingerprint density at radius 2 is 1.77 bits per heavy atom. The molecule has 1 saturated carbocycles. The Kier molecular flexibility index (Phi) is 7.81. The van der Waals surface area contributed by atoms with Crippen LogP contribution in [-0.2, 0) is 16.1 Å². The first-order valence-electron chi connectivity index (χ1n) is 11.3. The van der Waals surface area contributed by atoms with Gasteiger partial charge in [0, 0.05) is 31.7 Å². The minimum absolute atomic E-state index is 0.185. The van der Waals surface area contributed by atoms with Gasteiger partial charge in [0.15, 0.2) is 0 Å². The van der Waals surface area contributed by atoms with Crippen molar-refractivity contribution in [2.75, 3.05) is 26.7 Å². The van der Waals surface area contributed by atoms with Gasteiger partial charge in [-0.1, -0.05) is 30.3 Å². The summed E-state index contributed by atoms with van der Waals surface area (Å²) in [6, 6.07) is 10.4. The second kappa shape index (κ2) is 10.4. The van der Waals surface area contributed by atoms with Crippen molar-refractivity contribution < 1.29 is 19.1 Å². The smallest absolute Gasteiger partial charge is 0.410 e. The minimum atomic E-state index is -0.448. The molecule has 3 rings (SSSR count). The van der Waals surface area contributed by atoms with Crippen LogP contribution in [0.3, 0.4) is 0 Å². The van der Waals surface area contributed by atoms with Crippen molar-refractivity contribution in [3.8, 4) is 0 Å². The third kappa shape index (κ3) is 7.42. The topological polar surface area (TPSA) is 71.1 Å². The second-order valence-corrected chi connectivity index (χ2v) is 9.88. The molecule has 0 spiro atoms. The first kappa shape index (κ1) is 23.4. The average molecular weight is 432 g/mol. The summed E-state index contributed by atoms with van der Waals surface area (Å²) in [6.07, 6.45) is 3.37. The van der Waals surface area contributed by atoms with Crippen LogP contribution in [0, 0.1) is 5.92 Å². The highest BCUT2D eigenvalue weighted by Gasteiger charge is 2.35. The van der Waals surface area contributed by atoms with E-state index in [0.29, 0.717) is 18.6 Å². The van der Waals surface area contributed by atoms with E-state index in [2.05, 4.69) is 17.3 Å². The Morgan fingerprint density at radius 1 is 1.13 bits per heavy atom. The number of piperidine rings is 1. The number of carbonyl (C=O) groups excluding carboxylic acids is 2. The zero-order valence-electron chi connectivity index (χ0n) is 19.3. The lowest BCUT2D eigenvalue weighted by molar-refractivity contribution is 0.0152. The van der Waals surface area contributed by atoms with Gasteiger partial charge in [0.1, 0.15) is 12.2 Å². The second-order valence-electron chi connectivity index (χ2n) is 9.88. The highest BCUT2D eigenvalue weighted by molar-refractivity contribution is 5.68. The standard InChI is InChI=1S/C24H37N3O4/c1-24(2,3)31-23(29)27-12-10-18(11-13-27)16-26(4)21-14-20(15-21)25-22(28)30-17-19-8-6-5-7-9-19/h5-9,18,20-21H,10-17H2,1-4H3,(H,25,28). The Labute approximate surface area is 186 Å². The first-order valence-corrected chi connectivity index (χ1v) is 11.3. The van der Waals surface area contributed by atoms with E-state index in [4.69, 9.17) is 9.47 Å². The number of rotatable bonds is 6. The monoisotopic (exact) mass is 431 g/mol. The van der Waals surface area contributed by atoms with Crippen molar-refractivity contribution in [3.63, 3.8) is 0 Å². The number of likely N-dealkylation sites (tertiary alicyclic amines) is 1. The molecule has 1 heterocycles. The van der Waals surface area contributed by atoms with Crippen LogP contribution in [0.2, 0.25) is 0 Å². The predicted octanol–water partition coefficient (Wildman–Crippen LogP) is 4.02. The number of amides is 2. The number of nitrogens with one attached hydrogen (secondary N) is 1. The first-order chi connectivity index (χ1) is 14.7. The fraction of sp³-hybridized carbons (Fsp3) is 0.667. The van der Waals surface area contributed by atoms with E-state index in [0.717, 1.165) is 50.9 Å². The van der Waals surface area contributed by atoms with Crippen molar-refractivity contribution in [1.29, 1.82) is 0 Å². The molecule has 0 aromatic heterocycles. The molecule has 0 unspecified atom stereocenters. The molecule has 1 aromatic rings. The Bertz CT molecular complexity index is 720. The maximum atomic E-state index is 12.2. The SMILES string of the molecule is CN(CC1CCN(C(=O)OC(C)(C)C)CC1)C1CC(NC(=O)OCc2ccccc2)C1. The van der Waals surface area contributed by atoms with Crippen LogP contribution in [0.5, 0.6) is 0 Å². The van der Waals surface area contributed by atoms with Gasteiger partial charge in [-0.15, -0.1) is 0 Å². The summed E-state index contributed by atoms with van der Waals surface area (Å²) < 4.78 is 10.8. The molecule has 172 valence electrons. The normalized spacial score (nSPS) is 22.0. The zero-order chi connectivity index (χ0) is 22.4. The molecule has 1 aliphatic heterocycles. The van der Waals surface area contributed by atoms with Gasteiger partial charge in [0.25, 0.3) is 0 Å². The molecule has 2 aliphatic rings. The molecular formula is C24H37N3O4. The summed E-state index contributed by atoms with van der Waals surface area (Å²) in [5.74, 6) is 0.589. The summed E-state index contributed by atoms with van der Waals surface area (Å²) in [5, 5.41) is 2.97. The van der Waals surface area contributed by atoms with E-state index in [1.807, 2.05) is 56.0 Å². The third-order valence-electron chi connectivity index (χ3n) is 6.08. The predicted molar refractivity (Wildman–Crippen MR) is 120 cm³/mol. The van der Waals surface area contributed by atoms with E-state index in [1.165, 1.54) is 0 Å². The minimum Gasteiger partial charge on any atom is -0.445 e. The Morgan fingerprint density at radius 3 is 2.39 bits per heavy atom. The fourth-order valence-corrected chi connectivity index (χ4v) is 4.18. The molecule has 1 N–H and O–H groups in total.